The molecule has 3 heterocycles. The zero-order valence-corrected chi connectivity index (χ0v) is 20.0. The number of hydrogen-bond donors (Lipinski definition) is 1. The Morgan fingerprint density at radius 3 is 2.79 bits per heavy atom. The van der Waals surface area contributed by atoms with Gasteiger partial charge in [0.1, 0.15) is 0 Å². The van der Waals surface area contributed by atoms with Gasteiger partial charge in [-0.1, -0.05) is 35.5 Å². The van der Waals surface area contributed by atoms with Crippen molar-refractivity contribution in [3.8, 4) is 10.7 Å². The minimum atomic E-state index is -3.73. The summed E-state index contributed by atoms with van der Waals surface area (Å²) in [5.41, 5.74) is 1.01. The maximum atomic E-state index is 13.5. The molecule has 10 heteroatoms. The molecule has 0 radical (unpaired) electrons. The van der Waals surface area contributed by atoms with Crippen LogP contribution in [-0.4, -0.2) is 41.9 Å². The highest BCUT2D eigenvalue weighted by Gasteiger charge is 2.35. The van der Waals surface area contributed by atoms with Crippen molar-refractivity contribution in [3.63, 3.8) is 0 Å². The van der Waals surface area contributed by atoms with Crippen molar-refractivity contribution < 1.29 is 17.7 Å². The zero-order valence-electron chi connectivity index (χ0n) is 18.4. The van der Waals surface area contributed by atoms with Crippen molar-refractivity contribution in [2.45, 2.75) is 50.0 Å². The molecule has 0 bridgehead atoms. The summed E-state index contributed by atoms with van der Waals surface area (Å²) >= 11 is 1.35. The van der Waals surface area contributed by atoms with Crippen molar-refractivity contribution in [2.75, 3.05) is 13.1 Å². The molecule has 2 fully saturated rings. The van der Waals surface area contributed by atoms with Crippen molar-refractivity contribution >= 4 is 27.3 Å². The van der Waals surface area contributed by atoms with Crippen molar-refractivity contribution in [1.29, 1.82) is 0 Å². The number of benzene rings is 1. The molecule has 1 aromatic carbocycles. The Balaban J connectivity index is 1.28. The molecule has 1 aliphatic carbocycles. The van der Waals surface area contributed by atoms with Crippen LogP contribution in [-0.2, 0) is 21.4 Å². The number of aryl methyl sites for hydroxylation is 1. The highest BCUT2D eigenvalue weighted by atomic mass is 32.2. The van der Waals surface area contributed by atoms with E-state index in [4.69, 9.17) is 4.52 Å². The molecule has 2 aromatic heterocycles. The standard InChI is InChI=1S/C23H26N4O4S2/c1-15-20(12-19(32-15)21-25-23(31-26-21)17-9-10-17)33(29,30)27-11-5-8-18(14-27)22(28)24-13-16-6-3-2-4-7-16/h2-4,6-7,12,17-18H,5,8-11,13-14H2,1H3,(H,24,28)/t18-/m0/s1. The van der Waals surface area contributed by atoms with Gasteiger partial charge in [-0.05, 0) is 44.2 Å². The molecule has 174 valence electrons. The first kappa shape index (κ1) is 22.2. The Morgan fingerprint density at radius 2 is 2.03 bits per heavy atom. The third-order valence-corrected chi connectivity index (χ3v) is 9.31. The van der Waals surface area contributed by atoms with Crippen molar-refractivity contribution in [2.24, 2.45) is 5.92 Å². The molecule has 1 saturated heterocycles. The SMILES string of the molecule is Cc1sc(-c2noc(C3CC3)n2)cc1S(=O)(=O)N1CCC[C@H](C(=O)NCc2ccccc2)C1. The molecular weight excluding hydrogens is 460 g/mol. The Bertz CT molecular complexity index is 1250. The van der Waals surface area contributed by atoms with Crippen LogP contribution in [0.3, 0.4) is 0 Å². The number of carbonyl (C=O) groups is 1. The van der Waals surface area contributed by atoms with Crippen LogP contribution in [0.15, 0.2) is 45.8 Å². The third kappa shape index (κ3) is 4.73. The van der Waals surface area contributed by atoms with Gasteiger partial charge in [-0.3, -0.25) is 4.79 Å². The Morgan fingerprint density at radius 1 is 1.24 bits per heavy atom. The van der Waals surface area contributed by atoms with Gasteiger partial charge in [0.2, 0.25) is 27.6 Å². The lowest BCUT2D eigenvalue weighted by atomic mass is 9.99. The lowest BCUT2D eigenvalue weighted by Gasteiger charge is -2.31. The van der Waals surface area contributed by atoms with Gasteiger partial charge < -0.3 is 9.84 Å². The lowest BCUT2D eigenvalue weighted by molar-refractivity contribution is -0.126. The quantitative estimate of drug-likeness (QED) is 0.546. The first-order chi connectivity index (χ1) is 15.9. The summed E-state index contributed by atoms with van der Waals surface area (Å²) in [6.45, 7) is 2.81. The minimum absolute atomic E-state index is 0.110. The number of amides is 1. The van der Waals surface area contributed by atoms with E-state index in [1.807, 2.05) is 30.3 Å². The number of sulfonamides is 1. The van der Waals surface area contributed by atoms with E-state index < -0.39 is 10.0 Å². The number of rotatable bonds is 7. The highest BCUT2D eigenvalue weighted by Crippen LogP contribution is 2.41. The van der Waals surface area contributed by atoms with Crippen LogP contribution in [0, 0.1) is 12.8 Å². The molecule has 1 atom stereocenters. The number of piperidine rings is 1. The summed E-state index contributed by atoms with van der Waals surface area (Å²) in [7, 11) is -3.73. The van der Waals surface area contributed by atoms with Crippen LogP contribution in [0.25, 0.3) is 10.7 Å². The van der Waals surface area contributed by atoms with E-state index in [-0.39, 0.29) is 23.3 Å². The maximum Gasteiger partial charge on any atom is 0.244 e. The van der Waals surface area contributed by atoms with E-state index >= 15 is 0 Å². The molecule has 1 amide bonds. The fourth-order valence-electron chi connectivity index (χ4n) is 4.11. The number of nitrogens with one attached hydrogen (secondary N) is 1. The summed E-state index contributed by atoms with van der Waals surface area (Å²) < 4.78 is 33.7. The van der Waals surface area contributed by atoms with E-state index in [1.54, 1.807) is 13.0 Å². The van der Waals surface area contributed by atoms with Crippen LogP contribution in [0.1, 0.15) is 47.9 Å². The number of nitrogens with zero attached hydrogens (tertiary/aromatic N) is 3. The Kier molecular flexibility index (Phi) is 6.07. The van der Waals surface area contributed by atoms with Gasteiger partial charge in [0, 0.05) is 30.4 Å². The van der Waals surface area contributed by atoms with Crippen molar-refractivity contribution in [3.05, 3.63) is 52.7 Å². The lowest BCUT2D eigenvalue weighted by Crippen LogP contribution is -2.45. The molecule has 3 aromatic rings. The van der Waals surface area contributed by atoms with Crippen molar-refractivity contribution in [1.82, 2.24) is 19.8 Å². The number of hydrogen-bond acceptors (Lipinski definition) is 7. The van der Waals surface area contributed by atoms with Gasteiger partial charge in [0.05, 0.1) is 15.7 Å². The highest BCUT2D eigenvalue weighted by molar-refractivity contribution is 7.89. The van der Waals surface area contributed by atoms with Crippen LogP contribution in [0.5, 0.6) is 0 Å². The second-order valence-electron chi connectivity index (χ2n) is 8.67. The van der Waals surface area contributed by atoms with Gasteiger partial charge in [-0.2, -0.15) is 9.29 Å². The predicted octanol–water partition coefficient (Wildman–Crippen LogP) is 3.70. The average molecular weight is 487 g/mol. The van der Waals surface area contributed by atoms with Gasteiger partial charge in [0.25, 0.3) is 0 Å². The molecule has 5 rings (SSSR count). The first-order valence-corrected chi connectivity index (χ1v) is 13.4. The number of thiophene rings is 1. The second kappa shape index (κ2) is 9.00. The Labute approximate surface area is 197 Å². The van der Waals surface area contributed by atoms with E-state index in [0.29, 0.717) is 53.3 Å². The molecule has 1 saturated carbocycles. The molecule has 33 heavy (non-hydrogen) atoms. The average Bonchev–Trinajstić information content (AvgIpc) is 3.42. The minimum Gasteiger partial charge on any atom is -0.352 e. The molecular formula is C23H26N4O4S2. The summed E-state index contributed by atoms with van der Waals surface area (Å²) in [4.78, 5) is 18.8. The first-order valence-electron chi connectivity index (χ1n) is 11.2. The molecule has 8 nitrogen and oxygen atoms in total. The van der Waals surface area contributed by atoms with Crippen LogP contribution in [0.2, 0.25) is 0 Å². The topological polar surface area (TPSA) is 105 Å². The Hall–Kier alpha value is -2.56. The maximum absolute atomic E-state index is 13.5. The van der Waals surface area contributed by atoms with Gasteiger partial charge in [0.15, 0.2) is 0 Å². The predicted molar refractivity (Wildman–Crippen MR) is 124 cm³/mol. The van der Waals surface area contributed by atoms with Gasteiger partial charge in [-0.25, -0.2) is 8.42 Å². The van der Waals surface area contributed by atoms with E-state index in [0.717, 1.165) is 18.4 Å². The molecule has 1 aliphatic heterocycles. The zero-order chi connectivity index (χ0) is 23.0. The van der Waals surface area contributed by atoms with Crippen LogP contribution < -0.4 is 5.32 Å². The monoisotopic (exact) mass is 486 g/mol. The van der Waals surface area contributed by atoms with Crippen LogP contribution >= 0.6 is 11.3 Å². The van der Waals surface area contributed by atoms with Gasteiger partial charge >= 0.3 is 0 Å². The molecule has 1 N–H and O–H groups in total. The normalized spacial score (nSPS) is 19.5. The second-order valence-corrected chi connectivity index (χ2v) is 11.8. The summed E-state index contributed by atoms with van der Waals surface area (Å²) in [5, 5.41) is 6.99. The van der Waals surface area contributed by atoms with Gasteiger partial charge in [-0.15, -0.1) is 11.3 Å². The third-order valence-electron chi connectivity index (χ3n) is 6.14. The fraction of sp³-hybridized carbons (Fsp3) is 0.435. The molecule has 2 aliphatic rings. The smallest absolute Gasteiger partial charge is 0.244 e. The fourth-order valence-corrected chi connectivity index (χ4v) is 7.12. The van der Waals surface area contributed by atoms with Crippen LogP contribution in [0.4, 0.5) is 0 Å². The van der Waals surface area contributed by atoms with E-state index in [9.17, 15) is 13.2 Å². The largest absolute Gasteiger partial charge is 0.352 e. The summed E-state index contributed by atoms with van der Waals surface area (Å²) in [6.07, 6.45) is 3.43. The van der Waals surface area contributed by atoms with E-state index in [1.165, 1.54) is 15.6 Å². The number of carbonyl (C=O) groups excluding carboxylic acids is 1. The molecule has 0 spiro atoms. The number of aromatic nitrogens is 2. The summed E-state index contributed by atoms with van der Waals surface area (Å²) in [6, 6.07) is 11.3. The van der Waals surface area contributed by atoms with E-state index in [2.05, 4.69) is 15.5 Å². The summed E-state index contributed by atoms with van der Waals surface area (Å²) in [5.74, 6) is 0.924. The molecule has 0 unspecified atom stereocenters.